The molecule has 2 aromatic rings. The summed E-state index contributed by atoms with van der Waals surface area (Å²) in [6.07, 6.45) is 0. The summed E-state index contributed by atoms with van der Waals surface area (Å²) < 4.78 is 13.9. The summed E-state index contributed by atoms with van der Waals surface area (Å²) in [5, 5.41) is 3.15. The van der Waals surface area contributed by atoms with Crippen molar-refractivity contribution in [1.82, 2.24) is 0 Å². The molecule has 0 fully saturated rings. The zero-order valence-corrected chi connectivity index (χ0v) is 14.2. The Kier molecular flexibility index (Phi) is 5.80. The summed E-state index contributed by atoms with van der Waals surface area (Å²) >= 11 is 7.11. The molecule has 0 atom stereocenters. The topological polar surface area (TPSA) is 46.2 Å². The average Bonchev–Trinajstić information content (AvgIpc) is 2.48. The Bertz CT molecular complexity index is 764. The third kappa shape index (κ3) is 4.81. The Labute approximate surface area is 143 Å². The van der Waals surface area contributed by atoms with E-state index in [2.05, 4.69) is 5.32 Å². The molecule has 0 spiro atoms. The Morgan fingerprint density at radius 3 is 2.57 bits per heavy atom. The molecule has 3 nitrogen and oxygen atoms in total. The molecule has 0 bridgehead atoms. The second-order valence-electron chi connectivity index (χ2n) is 5.02. The smallest absolute Gasteiger partial charge is 0.234 e. The molecule has 0 saturated heterocycles. The first-order valence-electron chi connectivity index (χ1n) is 6.86. The van der Waals surface area contributed by atoms with Crippen LogP contribution in [0.5, 0.6) is 0 Å². The second-order valence-corrected chi connectivity index (χ2v) is 6.45. The van der Waals surface area contributed by atoms with E-state index < -0.39 is 5.82 Å². The van der Waals surface area contributed by atoms with E-state index in [1.165, 1.54) is 19.1 Å². The first kappa shape index (κ1) is 17.5. The number of rotatable bonds is 5. The minimum absolute atomic E-state index is 0.0422. The molecule has 6 heteroatoms. The van der Waals surface area contributed by atoms with Gasteiger partial charge in [-0.15, -0.1) is 11.8 Å². The van der Waals surface area contributed by atoms with Crippen LogP contribution in [0.25, 0.3) is 0 Å². The van der Waals surface area contributed by atoms with Crippen LogP contribution in [0.1, 0.15) is 22.8 Å². The fourth-order valence-electron chi connectivity index (χ4n) is 1.89. The minimum atomic E-state index is -0.510. The van der Waals surface area contributed by atoms with Crippen molar-refractivity contribution in [3.8, 4) is 0 Å². The van der Waals surface area contributed by atoms with Crippen LogP contribution in [-0.2, 0) is 4.79 Å². The fourth-order valence-corrected chi connectivity index (χ4v) is 2.89. The molecule has 2 aromatic carbocycles. The average molecular weight is 352 g/mol. The van der Waals surface area contributed by atoms with E-state index in [1.807, 2.05) is 13.0 Å². The van der Waals surface area contributed by atoms with Crippen LogP contribution >= 0.6 is 23.4 Å². The number of Topliss-reactive ketones (excluding diaryl/α,β-unsaturated/α-hetero) is 1. The lowest BCUT2D eigenvalue weighted by molar-refractivity contribution is -0.113. The summed E-state index contributed by atoms with van der Waals surface area (Å²) in [5.41, 5.74) is 1.83. The number of anilines is 1. The normalized spacial score (nSPS) is 10.4. The van der Waals surface area contributed by atoms with Crippen molar-refractivity contribution in [1.29, 1.82) is 0 Å². The second kappa shape index (κ2) is 7.62. The number of benzene rings is 2. The van der Waals surface area contributed by atoms with Gasteiger partial charge in [0, 0.05) is 10.5 Å². The Balaban J connectivity index is 1.98. The van der Waals surface area contributed by atoms with E-state index in [1.54, 1.807) is 18.2 Å². The predicted octanol–water partition coefficient (Wildman–Crippen LogP) is 4.72. The molecule has 0 saturated carbocycles. The summed E-state index contributed by atoms with van der Waals surface area (Å²) in [6, 6.07) is 9.55. The number of carbonyl (C=O) groups is 2. The van der Waals surface area contributed by atoms with E-state index in [0.717, 1.165) is 17.3 Å². The van der Waals surface area contributed by atoms with Gasteiger partial charge in [-0.05, 0) is 43.7 Å². The molecular formula is C17H15ClFNO2S. The van der Waals surface area contributed by atoms with Crippen molar-refractivity contribution in [2.45, 2.75) is 18.7 Å². The molecule has 0 radical (unpaired) electrons. The quantitative estimate of drug-likeness (QED) is 0.626. The van der Waals surface area contributed by atoms with Crippen molar-refractivity contribution in [2.75, 3.05) is 11.1 Å². The molecule has 23 heavy (non-hydrogen) atoms. The third-order valence-electron chi connectivity index (χ3n) is 3.10. The van der Waals surface area contributed by atoms with Gasteiger partial charge in [-0.3, -0.25) is 9.59 Å². The van der Waals surface area contributed by atoms with Crippen LogP contribution in [0.4, 0.5) is 10.1 Å². The molecule has 0 unspecified atom stereocenters. The number of halogens is 2. The fraction of sp³-hybridized carbons (Fsp3) is 0.176. The summed E-state index contributed by atoms with van der Waals surface area (Å²) in [7, 11) is 0. The van der Waals surface area contributed by atoms with Crippen LogP contribution in [0, 0.1) is 12.7 Å². The molecule has 0 aliphatic heterocycles. The maximum Gasteiger partial charge on any atom is 0.234 e. The number of carbonyl (C=O) groups excluding carboxylic acids is 2. The summed E-state index contributed by atoms with van der Waals surface area (Å²) in [6.45, 7) is 3.28. The van der Waals surface area contributed by atoms with Gasteiger partial charge >= 0.3 is 0 Å². The molecule has 120 valence electrons. The van der Waals surface area contributed by atoms with Gasteiger partial charge in [0.25, 0.3) is 0 Å². The highest BCUT2D eigenvalue weighted by Crippen LogP contribution is 2.25. The summed E-state index contributed by atoms with van der Waals surface area (Å²) in [5.74, 6) is -0.951. The molecule has 1 N–H and O–H groups in total. The number of ketones is 1. The highest BCUT2D eigenvalue weighted by Gasteiger charge is 2.10. The zero-order valence-electron chi connectivity index (χ0n) is 12.7. The number of thioether (sulfide) groups is 1. The zero-order chi connectivity index (χ0) is 17.0. The van der Waals surface area contributed by atoms with Crippen molar-refractivity contribution in [3.05, 3.63) is 58.4 Å². The van der Waals surface area contributed by atoms with Crippen LogP contribution < -0.4 is 5.32 Å². The highest BCUT2D eigenvalue weighted by atomic mass is 35.5. The number of aryl methyl sites for hydroxylation is 1. The van der Waals surface area contributed by atoms with Crippen molar-refractivity contribution in [2.24, 2.45) is 0 Å². The van der Waals surface area contributed by atoms with E-state index in [9.17, 15) is 14.0 Å². The van der Waals surface area contributed by atoms with Gasteiger partial charge in [-0.2, -0.15) is 0 Å². The maximum absolute atomic E-state index is 13.9. The molecule has 0 aliphatic carbocycles. The molecule has 2 rings (SSSR count). The van der Waals surface area contributed by atoms with Crippen molar-refractivity contribution in [3.63, 3.8) is 0 Å². The van der Waals surface area contributed by atoms with Gasteiger partial charge in [0.2, 0.25) is 5.91 Å². The molecule has 1 amide bonds. The van der Waals surface area contributed by atoms with Gasteiger partial charge in [-0.25, -0.2) is 4.39 Å². The maximum atomic E-state index is 13.9. The molecule has 0 aliphatic rings. The highest BCUT2D eigenvalue weighted by molar-refractivity contribution is 8.00. The van der Waals surface area contributed by atoms with Crippen LogP contribution in [0.2, 0.25) is 5.02 Å². The lowest BCUT2D eigenvalue weighted by Gasteiger charge is -2.08. The number of nitrogens with one attached hydrogen (secondary N) is 1. The molecular weight excluding hydrogens is 337 g/mol. The van der Waals surface area contributed by atoms with E-state index in [0.29, 0.717) is 21.2 Å². The lowest BCUT2D eigenvalue weighted by atomic mass is 10.1. The first-order valence-corrected chi connectivity index (χ1v) is 8.22. The SMILES string of the molecule is CC(=O)c1ccc(SCC(=O)Nc2ccc(C)cc2Cl)c(F)c1. The van der Waals surface area contributed by atoms with Crippen molar-refractivity contribution < 1.29 is 14.0 Å². The van der Waals surface area contributed by atoms with Crippen LogP contribution in [0.15, 0.2) is 41.3 Å². The predicted molar refractivity (Wildman–Crippen MR) is 91.9 cm³/mol. The molecule has 0 aromatic heterocycles. The van der Waals surface area contributed by atoms with Crippen LogP contribution in [0.3, 0.4) is 0 Å². The molecule has 0 heterocycles. The van der Waals surface area contributed by atoms with E-state index in [-0.39, 0.29) is 17.4 Å². The van der Waals surface area contributed by atoms with E-state index >= 15 is 0 Å². The number of amides is 1. The van der Waals surface area contributed by atoms with Crippen LogP contribution in [-0.4, -0.2) is 17.4 Å². The van der Waals surface area contributed by atoms with E-state index in [4.69, 9.17) is 11.6 Å². The largest absolute Gasteiger partial charge is 0.324 e. The third-order valence-corrected chi connectivity index (χ3v) is 4.46. The standard InChI is InChI=1S/C17H15ClFNO2S/c1-10-3-5-15(13(18)7-10)20-17(22)9-23-16-6-4-12(11(2)21)8-14(16)19/h3-8H,9H2,1-2H3,(H,20,22). The number of hydrogen-bond donors (Lipinski definition) is 1. The van der Waals surface area contributed by atoms with Gasteiger partial charge in [0.1, 0.15) is 5.82 Å². The van der Waals surface area contributed by atoms with Gasteiger partial charge in [0.15, 0.2) is 5.78 Å². The van der Waals surface area contributed by atoms with Gasteiger partial charge in [0.05, 0.1) is 16.5 Å². The first-order chi connectivity index (χ1) is 10.9. The van der Waals surface area contributed by atoms with Crippen molar-refractivity contribution >= 4 is 40.7 Å². The summed E-state index contributed by atoms with van der Waals surface area (Å²) in [4.78, 5) is 23.4. The Morgan fingerprint density at radius 2 is 1.96 bits per heavy atom. The Morgan fingerprint density at radius 1 is 1.22 bits per heavy atom. The van der Waals surface area contributed by atoms with Gasteiger partial charge in [-0.1, -0.05) is 23.7 Å². The lowest BCUT2D eigenvalue weighted by Crippen LogP contribution is -2.14. The Hall–Kier alpha value is -1.85. The number of hydrogen-bond acceptors (Lipinski definition) is 3. The minimum Gasteiger partial charge on any atom is -0.324 e. The monoisotopic (exact) mass is 351 g/mol. The van der Waals surface area contributed by atoms with Gasteiger partial charge < -0.3 is 5.32 Å².